The average Bonchev–Trinajstić information content (AvgIpc) is 3.18. The quantitative estimate of drug-likeness (QED) is 0.701. The first-order valence-corrected chi connectivity index (χ1v) is 9.23. The molecule has 1 aromatic heterocycles. The summed E-state index contributed by atoms with van der Waals surface area (Å²) in [4.78, 5) is 15.4. The molecule has 3 nitrogen and oxygen atoms in total. The van der Waals surface area contributed by atoms with E-state index in [1.165, 1.54) is 25.9 Å². The van der Waals surface area contributed by atoms with Gasteiger partial charge >= 0.3 is 0 Å². The molecule has 0 radical (unpaired) electrons. The molecule has 2 heterocycles. The first-order valence-electron chi connectivity index (χ1n) is 9.23. The number of likely N-dealkylation sites (tertiary alicyclic amines) is 1. The first-order chi connectivity index (χ1) is 12.3. The van der Waals surface area contributed by atoms with Crippen LogP contribution in [0.3, 0.4) is 0 Å². The van der Waals surface area contributed by atoms with E-state index < -0.39 is 0 Å². The minimum Gasteiger partial charge on any atom is -0.314 e. The molecule has 3 heteroatoms. The number of hydrogen-bond acceptors (Lipinski definition) is 2. The molecule has 2 aromatic carbocycles. The summed E-state index contributed by atoms with van der Waals surface area (Å²) in [5, 5.41) is 1.85. The Kier molecular flexibility index (Phi) is 4.66. The predicted molar refractivity (Wildman–Crippen MR) is 104 cm³/mol. The molecule has 0 saturated carbocycles. The van der Waals surface area contributed by atoms with Gasteiger partial charge in [-0.25, -0.2) is 0 Å². The van der Waals surface area contributed by atoms with E-state index in [2.05, 4.69) is 17.0 Å². The van der Waals surface area contributed by atoms with Crippen molar-refractivity contribution in [2.45, 2.75) is 25.8 Å². The zero-order chi connectivity index (χ0) is 17.1. The van der Waals surface area contributed by atoms with Crippen LogP contribution in [0.2, 0.25) is 0 Å². The second-order valence-electron chi connectivity index (χ2n) is 6.86. The number of benzene rings is 2. The monoisotopic (exact) mass is 332 g/mol. The summed E-state index contributed by atoms with van der Waals surface area (Å²) in [5.74, 6) is 0. The Morgan fingerprint density at radius 3 is 2.24 bits per heavy atom. The van der Waals surface area contributed by atoms with Gasteiger partial charge in [0, 0.05) is 23.7 Å². The molecule has 0 spiro atoms. The van der Waals surface area contributed by atoms with E-state index >= 15 is 0 Å². The Bertz CT molecular complexity index is 908. The van der Waals surface area contributed by atoms with Gasteiger partial charge in [0.25, 0.3) is 5.56 Å². The summed E-state index contributed by atoms with van der Waals surface area (Å²) in [7, 11) is 0. The van der Waals surface area contributed by atoms with Crippen molar-refractivity contribution in [3.8, 4) is 11.1 Å². The van der Waals surface area contributed by atoms with Crippen LogP contribution in [0.4, 0.5) is 0 Å². The van der Waals surface area contributed by atoms with Crippen LogP contribution in [0, 0.1) is 0 Å². The van der Waals surface area contributed by atoms with Crippen molar-refractivity contribution in [2.75, 3.05) is 19.6 Å². The van der Waals surface area contributed by atoms with Gasteiger partial charge in [0.05, 0.1) is 0 Å². The van der Waals surface area contributed by atoms with Crippen LogP contribution >= 0.6 is 0 Å². The highest BCUT2D eigenvalue weighted by molar-refractivity contribution is 5.95. The molecule has 0 bridgehead atoms. The van der Waals surface area contributed by atoms with Crippen LogP contribution in [-0.4, -0.2) is 29.1 Å². The molecular formula is C22H24N2O. The Balaban J connectivity index is 1.69. The maximum Gasteiger partial charge on any atom is 0.258 e. The summed E-state index contributed by atoms with van der Waals surface area (Å²) >= 11 is 0. The van der Waals surface area contributed by atoms with E-state index in [0.717, 1.165) is 41.4 Å². The fourth-order valence-electron chi connectivity index (χ4n) is 3.83. The van der Waals surface area contributed by atoms with E-state index in [0.29, 0.717) is 0 Å². The number of aryl methyl sites for hydroxylation is 1. The Morgan fingerprint density at radius 1 is 0.800 bits per heavy atom. The highest BCUT2D eigenvalue weighted by atomic mass is 16.1. The molecule has 4 rings (SSSR count). The highest BCUT2D eigenvalue weighted by Gasteiger charge is 2.12. The summed E-state index contributed by atoms with van der Waals surface area (Å²) in [6.07, 6.45) is 5.69. The molecule has 3 aromatic rings. The molecule has 1 saturated heterocycles. The number of fused-ring (bicyclic) bond motifs is 1. The van der Waals surface area contributed by atoms with Crippen molar-refractivity contribution in [1.29, 1.82) is 0 Å². The first kappa shape index (κ1) is 16.1. The lowest BCUT2D eigenvalue weighted by atomic mass is 10.0. The lowest BCUT2D eigenvalue weighted by Crippen LogP contribution is -2.25. The van der Waals surface area contributed by atoms with Gasteiger partial charge in [0.15, 0.2) is 0 Å². The Hall–Kier alpha value is -2.39. The molecule has 0 unspecified atom stereocenters. The molecule has 1 fully saturated rings. The van der Waals surface area contributed by atoms with Gasteiger partial charge in [-0.3, -0.25) is 4.79 Å². The minimum atomic E-state index is 0.122. The lowest BCUT2D eigenvalue weighted by molar-refractivity contribution is 0.324. The summed E-state index contributed by atoms with van der Waals surface area (Å²) in [5.41, 5.74) is 2.42. The number of aromatic nitrogens is 1. The maximum absolute atomic E-state index is 12.9. The van der Waals surface area contributed by atoms with Gasteiger partial charge in [-0.15, -0.1) is 0 Å². The van der Waals surface area contributed by atoms with E-state index in [1.807, 2.05) is 53.2 Å². The van der Waals surface area contributed by atoms with Crippen molar-refractivity contribution in [3.05, 3.63) is 71.1 Å². The van der Waals surface area contributed by atoms with Crippen LogP contribution < -0.4 is 5.56 Å². The van der Waals surface area contributed by atoms with Crippen LogP contribution in [0.5, 0.6) is 0 Å². The molecule has 0 atom stereocenters. The number of rotatable bonds is 5. The maximum atomic E-state index is 12.9. The lowest BCUT2D eigenvalue weighted by Gasteiger charge is -2.16. The molecule has 1 aliphatic heterocycles. The normalized spacial score (nSPS) is 15.0. The van der Waals surface area contributed by atoms with Crippen molar-refractivity contribution in [2.24, 2.45) is 0 Å². The molecule has 0 amide bonds. The molecule has 0 aliphatic carbocycles. The largest absolute Gasteiger partial charge is 0.314 e. The SMILES string of the molecule is O=c1c2ccccc2c(-c2ccccc2)cn1CCCN1CCCC1. The molecule has 1 aliphatic rings. The molecule has 25 heavy (non-hydrogen) atoms. The number of nitrogens with zero attached hydrogens (tertiary/aromatic N) is 2. The number of pyridine rings is 1. The van der Waals surface area contributed by atoms with Crippen molar-refractivity contribution >= 4 is 10.8 Å². The molecule has 128 valence electrons. The van der Waals surface area contributed by atoms with Crippen LogP contribution in [0.25, 0.3) is 21.9 Å². The van der Waals surface area contributed by atoms with Crippen LogP contribution in [0.15, 0.2) is 65.6 Å². The molecular weight excluding hydrogens is 308 g/mol. The van der Waals surface area contributed by atoms with Gasteiger partial charge < -0.3 is 9.47 Å². The Labute approximate surface area is 148 Å². The van der Waals surface area contributed by atoms with Crippen molar-refractivity contribution in [1.82, 2.24) is 9.47 Å². The highest BCUT2D eigenvalue weighted by Crippen LogP contribution is 2.26. The second kappa shape index (κ2) is 7.24. The fraction of sp³-hybridized carbons (Fsp3) is 0.318. The molecule has 0 N–H and O–H groups in total. The predicted octanol–water partition coefficient (Wildman–Crippen LogP) is 4.15. The summed E-state index contributed by atoms with van der Waals surface area (Å²) in [6.45, 7) is 4.28. The number of hydrogen-bond donors (Lipinski definition) is 0. The van der Waals surface area contributed by atoms with E-state index in [1.54, 1.807) is 0 Å². The third-order valence-corrected chi connectivity index (χ3v) is 5.15. The zero-order valence-electron chi connectivity index (χ0n) is 14.5. The fourth-order valence-corrected chi connectivity index (χ4v) is 3.83. The van der Waals surface area contributed by atoms with Gasteiger partial charge in [-0.05, 0) is 55.9 Å². The zero-order valence-corrected chi connectivity index (χ0v) is 14.5. The summed E-state index contributed by atoms with van der Waals surface area (Å²) in [6, 6.07) is 18.3. The van der Waals surface area contributed by atoms with E-state index in [4.69, 9.17) is 0 Å². The van der Waals surface area contributed by atoms with E-state index in [9.17, 15) is 4.79 Å². The van der Waals surface area contributed by atoms with Crippen LogP contribution in [-0.2, 0) is 6.54 Å². The van der Waals surface area contributed by atoms with Crippen molar-refractivity contribution in [3.63, 3.8) is 0 Å². The Morgan fingerprint density at radius 2 is 1.48 bits per heavy atom. The van der Waals surface area contributed by atoms with Crippen molar-refractivity contribution < 1.29 is 0 Å². The third kappa shape index (κ3) is 3.38. The third-order valence-electron chi connectivity index (χ3n) is 5.15. The standard InChI is InChI=1S/C22H24N2O/c25-22-20-12-5-4-11-19(20)21(18-9-2-1-3-10-18)17-24(22)16-8-15-23-13-6-7-14-23/h1-5,9-12,17H,6-8,13-16H2. The smallest absolute Gasteiger partial charge is 0.258 e. The van der Waals surface area contributed by atoms with Gasteiger partial charge in [0.2, 0.25) is 0 Å². The minimum absolute atomic E-state index is 0.122. The van der Waals surface area contributed by atoms with E-state index in [-0.39, 0.29) is 5.56 Å². The average molecular weight is 332 g/mol. The summed E-state index contributed by atoms with van der Waals surface area (Å²) < 4.78 is 1.90. The van der Waals surface area contributed by atoms with Gasteiger partial charge in [-0.2, -0.15) is 0 Å². The second-order valence-corrected chi connectivity index (χ2v) is 6.86. The topological polar surface area (TPSA) is 25.2 Å². The van der Waals surface area contributed by atoms with Gasteiger partial charge in [0.1, 0.15) is 0 Å². The van der Waals surface area contributed by atoms with Crippen LogP contribution in [0.1, 0.15) is 19.3 Å². The van der Waals surface area contributed by atoms with Gasteiger partial charge in [-0.1, -0.05) is 48.5 Å².